The fourth-order valence-corrected chi connectivity index (χ4v) is 1.64. The fraction of sp³-hybridized carbons (Fsp3) is 0.375. The van der Waals surface area contributed by atoms with E-state index in [2.05, 4.69) is 0 Å². The molecule has 0 aliphatic carbocycles. The second-order valence-electron chi connectivity index (χ2n) is 2.99. The first-order valence-corrected chi connectivity index (χ1v) is 3.79. The fourth-order valence-electron chi connectivity index (χ4n) is 1.64. The molecule has 0 aromatic carbocycles. The SMILES string of the molecule is O=C(O)C1=C(C(F)(F)F)[C@H]2C=C[C@@H]1O2. The topological polar surface area (TPSA) is 46.5 Å². The van der Waals surface area contributed by atoms with Gasteiger partial charge in [0.2, 0.25) is 0 Å². The third kappa shape index (κ3) is 1.14. The Morgan fingerprint density at radius 2 is 1.93 bits per heavy atom. The number of carboxylic acid groups (broad SMARTS) is 1. The Bertz CT molecular complexity index is 353. The second-order valence-corrected chi connectivity index (χ2v) is 2.99. The van der Waals surface area contributed by atoms with E-state index in [-0.39, 0.29) is 0 Å². The number of hydrogen-bond acceptors (Lipinski definition) is 2. The maximum Gasteiger partial charge on any atom is 0.416 e. The maximum absolute atomic E-state index is 12.4. The van der Waals surface area contributed by atoms with Gasteiger partial charge in [-0.05, 0) is 0 Å². The van der Waals surface area contributed by atoms with Crippen molar-refractivity contribution in [3.05, 3.63) is 23.3 Å². The van der Waals surface area contributed by atoms with Crippen LogP contribution < -0.4 is 0 Å². The molecular weight excluding hydrogens is 201 g/mol. The van der Waals surface area contributed by atoms with E-state index in [4.69, 9.17) is 9.84 Å². The van der Waals surface area contributed by atoms with Crippen LogP contribution >= 0.6 is 0 Å². The van der Waals surface area contributed by atoms with Crippen LogP contribution in [0.2, 0.25) is 0 Å². The lowest BCUT2D eigenvalue weighted by atomic mass is 9.97. The molecule has 3 nitrogen and oxygen atoms in total. The Balaban J connectivity index is 2.49. The highest BCUT2D eigenvalue weighted by Gasteiger charge is 2.51. The molecule has 76 valence electrons. The Kier molecular flexibility index (Phi) is 1.72. The van der Waals surface area contributed by atoms with Crippen molar-refractivity contribution in [2.75, 3.05) is 0 Å². The van der Waals surface area contributed by atoms with Crippen molar-refractivity contribution in [3.63, 3.8) is 0 Å². The average molecular weight is 206 g/mol. The second kappa shape index (κ2) is 2.60. The van der Waals surface area contributed by atoms with Crippen molar-refractivity contribution < 1.29 is 27.8 Å². The first-order valence-electron chi connectivity index (χ1n) is 3.79. The number of alkyl halides is 3. The van der Waals surface area contributed by atoms with Gasteiger partial charge >= 0.3 is 12.1 Å². The van der Waals surface area contributed by atoms with Gasteiger partial charge < -0.3 is 9.84 Å². The first kappa shape index (κ1) is 9.26. The molecule has 2 aliphatic heterocycles. The number of halogens is 3. The van der Waals surface area contributed by atoms with Gasteiger partial charge in [0.25, 0.3) is 0 Å². The van der Waals surface area contributed by atoms with E-state index in [0.29, 0.717) is 0 Å². The van der Waals surface area contributed by atoms with Gasteiger partial charge in [-0.15, -0.1) is 0 Å². The summed E-state index contributed by atoms with van der Waals surface area (Å²) in [7, 11) is 0. The highest BCUT2D eigenvalue weighted by atomic mass is 19.4. The molecule has 2 rings (SSSR count). The zero-order valence-corrected chi connectivity index (χ0v) is 6.71. The minimum Gasteiger partial charge on any atom is -0.478 e. The Morgan fingerprint density at radius 1 is 1.36 bits per heavy atom. The van der Waals surface area contributed by atoms with Crippen LogP contribution in [0, 0.1) is 0 Å². The molecule has 0 aromatic rings. The lowest BCUT2D eigenvalue weighted by Gasteiger charge is -2.13. The molecule has 0 unspecified atom stereocenters. The number of ether oxygens (including phenoxy) is 1. The van der Waals surface area contributed by atoms with Gasteiger partial charge in [0.05, 0.1) is 11.1 Å². The third-order valence-corrected chi connectivity index (χ3v) is 2.15. The summed E-state index contributed by atoms with van der Waals surface area (Å²) in [6.45, 7) is 0. The summed E-state index contributed by atoms with van der Waals surface area (Å²) in [5, 5.41) is 8.60. The van der Waals surface area contributed by atoms with Gasteiger partial charge in [-0.3, -0.25) is 0 Å². The summed E-state index contributed by atoms with van der Waals surface area (Å²) in [5.41, 5.74) is -1.78. The van der Waals surface area contributed by atoms with Crippen LogP contribution in [0.4, 0.5) is 13.2 Å². The Labute approximate surface area is 76.5 Å². The standard InChI is InChI=1S/C8H5F3O3/c9-8(10,11)6-4-2-1-3(14-4)5(6)7(12)13/h1-4H,(H,12,13)/t3-,4+/m0/s1. The highest BCUT2D eigenvalue weighted by molar-refractivity contribution is 5.91. The van der Waals surface area contributed by atoms with Gasteiger partial charge in [0.1, 0.15) is 12.2 Å². The number of carboxylic acids is 1. The van der Waals surface area contributed by atoms with Crippen LogP contribution in [0.5, 0.6) is 0 Å². The monoisotopic (exact) mass is 206 g/mol. The Morgan fingerprint density at radius 3 is 2.36 bits per heavy atom. The van der Waals surface area contributed by atoms with Gasteiger partial charge in [0, 0.05) is 0 Å². The number of rotatable bonds is 1. The van der Waals surface area contributed by atoms with Gasteiger partial charge in [0.15, 0.2) is 0 Å². The summed E-state index contributed by atoms with van der Waals surface area (Å²) in [6.07, 6.45) is -4.39. The number of fused-ring (bicyclic) bond motifs is 2. The Hall–Kier alpha value is -1.30. The normalized spacial score (nSPS) is 30.2. The van der Waals surface area contributed by atoms with Gasteiger partial charge in [-0.25, -0.2) is 4.79 Å². The molecular formula is C8H5F3O3. The third-order valence-electron chi connectivity index (χ3n) is 2.15. The smallest absolute Gasteiger partial charge is 0.416 e. The quantitative estimate of drug-likeness (QED) is 0.657. The predicted molar refractivity (Wildman–Crippen MR) is 38.5 cm³/mol. The zero-order valence-electron chi connectivity index (χ0n) is 6.71. The van der Waals surface area contributed by atoms with E-state index >= 15 is 0 Å². The molecule has 0 radical (unpaired) electrons. The number of aliphatic carboxylic acids is 1. The molecule has 14 heavy (non-hydrogen) atoms. The summed E-state index contributed by atoms with van der Waals surface area (Å²) < 4.78 is 42.0. The molecule has 0 aromatic heterocycles. The van der Waals surface area contributed by atoms with Crippen molar-refractivity contribution >= 4 is 5.97 Å². The van der Waals surface area contributed by atoms with Crippen molar-refractivity contribution in [1.82, 2.24) is 0 Å². The predicted octanol–water partition coefficient (Wildman–Crippen LogP) is 1.27. The lowest BCUT2D eigenvalue weighted by molar-refractivity contribution is -0.134. The molecule has 2 aliphatic rings. The van der Waals surface area contributed by atoms with E-state index in [9.17, 15) is 18.0 Å². The molecule has 0 spiro atoms. The molecule has 2 atom stereocenters. The summed E-state index contributed by atoms with van der Waals surface area (Å²) >= 11 is 0. The molecule has 0 fully saturated rings. The van der Waals surface area contributed by atoms with Crippen molar-refractivity contribution in [2.24, 2.45) is 0 Å². The minimum absolute atomic E-state index is 0.690. The van der Waals surface area contributed by atoms with Gasteiger partial charge in [-0.1, -0.05) is 12.2 Å². The van der Waals surface area contributed by atoms with Crippen LogP contribution in [-0.2, 0) is 9.53 Å². The lowest BCUT2D eigenvalue weighted by Crippen LogP contribution is -2.24. The van der Waals surface area contributed by atoms with Crippen LogP contribution in [0.1, 0.15) is 0 Å². The molecule has 2 bridgehead atoms. The highest BCUT2D eigenvalue weighted by Crippen LogP contribution is 2.43. The largest absolute Gasteiger partial charge is 0.478 e. The molecule has 6 heteroatoms. The minimum atomic E-state index is -4.64. The van der Waals surface area contributed by atoms with E-state index in [0.717, 1.165) is 0 Å². The average Bonchev–Trinajstić information content (AvgIpc) is 2.58. The van der Waals surface area contributed by atoms with E-state index in [1.54, 1.807) is 0 Å². The van der Waals surface area contributed by atoms with E-state index in [1.165, 1.54) is 12.2 Å². The first-order chi connectivity index (χ1) is 6.41. The summed E-state index contributed by atoms with van der Waals surface area (Å²) in [6, 6.07) is 0. The summed E-state index contributed by atoms with van der Waals surface area (Å²) in [5.74, 6) is -1.57. The molecule has 2 heterocycles. The van der Waals surface area contributed by atoms with Crippen molar-refractivity contribution in [1.29, 1.82) is 0 Å². The number of hydrogen-bond donors (Lipinski definition) is 1. The van der Waals surface area contributed by atoms with Crippen molar-refractivity contribution in [3.8, 4) is 0 Å². The number of carbonyl (C=O) groups is 1. The molecule has 0 amide bonds. The van der Waals surface area contributed by atoms with Crippen LogP contribution in [0.15, 0.2) is 23.3 Å². The molecule has 0 saturated heterocycles. The van der Waals surface area contributed by atoms with Crippen LogP contribution in [0.3, 0.4) is 0 Å². The van der Waals surface area contributed by atoms with Crippen molar-refractivity contribution in [2.45, 2.75) is 18.4 Å². The van der Waals surface area contributed by atoms with E-state index < -0.39 is 35.5 Å². The van der Waals surface area contributed by atoms with E-state index in [1.807, 2.05) is 0 Å². The summed E-state index contributed by atoms with van der Waals surface area (Å²) in [4.78, 5) is 10.6. The van der Waals surface area contributed by atoms with Gasteiger partial charge in [-0.2, -0.15) is 13.2 Å². The molecule has 0 saturated carbocycles. The molecule has 1 N–H and O–H groups in total. The zero-order chi connectivity index (χ0) is 10.5. The maximum atomic E-state index is 12.4. The van der Waals surface area contributed by atoms with Crippen LogP contribution in [0.25, 0.3) is 0 Å². The van der Waals surface area contributed by atoms with Crippen LogP contribution in [-0.4, -0.2) is 29.5 Å².